The standard InChI is InChI=1S/C9H11BrN2O/c10-7-4-2-1-3-6(7)8(11)5-9(12)13/h1-4,8H,5,11H2,(H2,12,13)/t8-/m1/s1. The number of hydrogen-bond acceptors (Lipinski definition) is 2. The van der Waals surface area contributed by atoms with Gasteiger partial charge in [-0.15, -0.1) is 0 Å². The van der Waals surface area contributed by atoms with E-state index in [1.807, 2.05) is 24.3 Å². The Morgan fingerprint density at radius 3 is 2.62 bits per heavy atom. The number of primary amides is 1. The molecule has 0 unspecified atom stereocenters. The Bertz CT molecular complexity index is 314. The van der Waals surface area contributed by atoms with Gasteiger partial charge in [0.1, 0.15) is 0 Å². The van der Waals surface area contributed by atoms with Crippen LogP contribution in [0.4, 0.5) is 0 Å². The van der Waals surface area contributed by atoms with Crippen molar-refractivity contribution in [3.05, 3.63) is 34.3 Å². The van der Waals surface area contributed by atoms with Gasteiger partial charge < -0.3 is 11.5 Å². The van der Waals surface area contributed by atoms with Crippen molar-refractivity contribution in [3.8, 4) is 0 Å². The van der Waals surface area contributed by atoms with E-state index in [0.29, 0.717) is 0 Å². The summed E-state index contributed by atoms with van der Waals surface area (Å²) in [5, 5.41) is 0. The van der Waals surface area contributed by atoms with Crippen LogP contribution in [0.3, 0.4) is 0 Å². The molecule has 4 N–H and O–H groups in total. The van der Waals surface area contributed by atoms with E-state index in [0.717, 1.165) is 10.0 Å². The number of rotatable bonds is 3. The van der Waals surface area contributed by atoms with Gasteiger partial charge in [-0.3, -0.25) is 4.79 Å². The van der Waals surface area contributed by atoms with Crippen molar-refractivity contribution in [2.45, 2.75) is 12.5 Å². The molecule has 0 aliphatic rings. The van der Waals surface area contributed by atoms with E-state index in [2.05, 4.69) is 15.9 Å². The molecule has 0 saturated heterocycles. The molecule has 0 aromatic heterocycles. The molecule has 1 aromatic rings. The van der Waals surface area contributed by atoms with Gasteiger partial charge in [0.2, 0.25) is 5.91 Å². The number of amides is 1. The number of carbonyl (C=O) groups is 1. The predicted molar refractivity (Wildman–Crippen MR) is 54.9 cm³/mol. The fourth-order valence-electron chi connectivity index (χ4n) is 1.10. The van der Waals surface area contributed by atoms with E-state index in [4.69, 9.17) is 11.5 Å². The van der Waals surface area contributed by atoms with Crippen LogP contribution in [0.5, 0.6) is 0 Å². The highest BCUT2D eigenvalue weighted by Gasteiger charge is 2.11. The Morgan fingerprint density at radius 1 is 1.46 bits per heavy atom. The second-order valence-corrected chi connectivity index (χ2v) is 3.65. The summed E-state index contributed by atoms with van der Waals surface area (Å²) in [5.41, 5.74) is 11.7. The Kier molecular flexibility index (Phi) is 3.45. The first-order chi connectivity index (χ1) is 6.11. The summed E-state index contributed by atoms with van der Waals surface area (Å²) >= 11 is 3.35. The molecular weight excluding hydrogens is 232 g/mol. The number of hydrogen-bond donors (Lipinski definition) is 2. The lowest BCUT2D eigenvalue weighted by molar-refractivity contribution is -0.118. The molecule has 0 fully saturated rings. The highest BCUT2D eigenvalue weighted by Crippen LogP contribution is 2.23. The van der Waals surface area contributed by atoms with Crippen LogP contribution < -0.4 is 11.5 Å². The zero-order chi connectivity index (χ0) is 9.84. The molecule has 0 bridgehead atoms. The molecular formula is C9H11BrN2O. The Hall–Kier alpha value is -0.870. The number of nitrogens with two attached hydrogens (primary N) is 2. The van der Waals surface area contributed by atoms with Crippen molar-refractivity contribution in [2.75, 3.05) is 0 Å². The first-order valence-electron chi connectivity index (χ1n) is 3.89. The molecule has 13 heavy (non-hydrogen) atoms. The van der Waals surface area contributed by atoms with Crippen molar-refractivity contribution in [1.29, 1.82) is 0 Å². The normalized spacial score (nSPS) is 12.5. The molecule has 0 saturated carbocycles. The van der Waals surface area contributed by atoms with Crippen molar-refractivity contribution < 1.29 is 4.79 Å². The minimum atomic E-state index is -0.386. The van der Waals surface area contributed by atoms with E-state index in [1.165, 1.54) is 0 Å². The van der Waals surface area contributed by atoms with Crippen LogP contribution in [0.2, 0.25) is 0 Å². The summed E-state index contributed by atoms with van der Waals surface area (Å²) in [4.78, 5) is 10.6. The van der Waals surface area contributed by atoms with E-state index in [9.17, 15) is 4.79 Å². The van der Waals surface area contributed by atoms with Crippen LogP contribution in [0.25, 0.3) is 0 Å². The third kappa shape index (κ3) is 2.82. The van der Waals surface area contributed by atoms with Gasteiger partial charge in [-0.25, -0.2) is 0 Å². The molecule has 1 rings (SSSR count). The third-order valence-corrected chi connectivity index (χ3v) is 2.45. The summed E-state index contributed by atoms with van der Waals surface area (Å²) in [6.07, 6.45) is 0.169. The average Bonchev–Trinajstić information content (AvgIpc) is 2.03. The molecule has 1 amide bonds. The highest BCUT2D eigenvalue weighted by molar-refractivity contribution is 9.10. The molecule has 0 heterocycles. The predicted octanol–water partition coefficient (Wildman–Crippen LogP) is 1.32. The molecule has 1 aromatic carbocycles. The van der Waals surface area contributed by atoms with E-state index in [1.54, 1.807) is 0 Å². The summed E-state index contributed by atoms with van der Waals surface area (Å²) in [6.45, 7) is 0. The Labute approximate surface area is 85.2 Å². The maximum atomic E-state index is 10.6. The van der Waals surface area contributed by atoms with Crippen LogP contribution in [0, 0.1) is 0 Å². The fraction of sp³-hybridized carbons (Fsp3) is 0.222. The topological polar surface area (TPSA) is 69.1 Å². The van der Waals surface area contributed by atoms with Gasteiger partial charge >= 0.3 is 0 Å². The minimum Gasteiger partial charge on any atom is -0.370 e. The number of halogens is 1. The van der Waals surface area contributed by atoms with Gasteiger partial charge in [0.25, 0.3) is 0 Å². The van der Waals surface area contributed by atoms with Gasteiger partial charge in [0.05, 0.1) is 0 Å². The average molecular weight is 243 g/mol. The smallest absolute Gasteiger partial charge is 0.219 e. The van der Waals surface area contributed by atoms with E-state index in [-0.39, 0.29) is 18.4 Å². The summed E-state index contributed by atoms with van der Waals surface area (Å²) in [6, 6.07) is 7.20. The fourth-order valence-corrected chi connectivity index (χ4v) is 1.68. The quantitative estimate of drug-likeness (QED) is 0.840. The maximum Gasteiger partial charge on any atom is 0.219 e. The van der Waals surface area contributed by atoms with Crippen molar-refractivity contribution in [2.24, 2.45) is 11.5 Å². The second-order valence-electron chi connectivity index (χ2n) is 2.80. The summed E-state index contributed by atoms with van der Waals surface area (Å²) in [7, 11) is 0. The zero-order valence-electron chi connectivity index (χ0n) is 7.03. The van der Waals surface area contributed by atoms with Gasteiger partial charge in [0, 0.05) is 16.9 Å². The van der Waals surface area contributed by atoms with Gasteiger partial charge in [0.15, 0.2) is 0 Å². The third-order valence-electron chi connectivity index (χ3n) is 1.73. The van der Waals surface area contributed by atoms with E-state index < -0.39 is 0 Å². The molecule has 0 radical (unpaired) electrons. The zero-order valence-corrected chi connectivity index (χ0v) is 8.62. The lowest BCUT2D eigenvalue weighted by atomic mass is 10.0. The minimum absolute atomic E-state index is 0.169. The van der Waals surface area contributed by atoms with Crippen molar-refractivity contribution in [1.82, 2.24) is 0 Å². The monoisotopic (exact) mass is 242 g/mol. The van der Waals surface area contributed by atoms with Crippen LogP contribution in [0.15, 0.2) is 28.7 Å². The largest absolute Gasteiger partial charge is 0.370 e. The lowest BCUT2D eigenvalue weighted by Crippen LogP contribution is -2.20. The van der Waals surface area contributed by atoms with Crippen molar-refractivity contribution >= 4 is 21.8 Å². The van der Waals surface area contributed by atoms with Crippen LogP contribution in [-0.4, -0.2) is 5.91 Å². The number of benzene rings is 1. The molecule has 0 aliphatic heterocycles. The maximum absolute atomic E-state index is 10.6. The SMILES string of the molecule is NC(=O)C[C@@H](N)c1ccccc1Br. The molecule has 70 valence electrons. The second kappa shape index (κ2) is 4.39. The molecule has 0 aliphatic carbocycles. The highest BCUT2D eigenvalue weighted by atomic mass is 79.9. The molecule has 0 spiro atoms. The first-order valence-corrected chi connectivity index (χ1v) is 4.69. The summed E-state index contributed by atoms with van der Waals surface area (Å²) < 4.78 is 0.906. The van der Waals surface area contributed by atoms with Gasteiger partial charge in [-0.05, 0) is 11.6 Å². The van der Waals surface area contributed by atoms with E-state index >= 15 is 0 Å². The van der Waals surface area contributed by atoms with Crippen LogP contribution in [0.1, 0.15) is 18.0 Å². The van der Waals surface area contributed by atoms with Crippen LogP contribution >= 0.6 is 15.9 Å². The van der Waals surface area contributed by atoms with Crippen molar-refractivity contribution in [3.63, 3.8) is 0 Å². The summed E-state index contributed by atoms with van der Waals surface area (Å²) in [5.74, 6) is -0.386. The Morgan fingerprint density at radius 2 is 2.08 bits per heavy atom. The molecule has 4 heteroatoms. The number of carbonyl (C=O) groups excluding carboxylic acids is 1. The first kappa shape index (κ1) is 10.2. The molecule has 3 nitrogen and oxygen atoms in total. The Balaban J connectivity index is 2.82. The van der Waals surface area contributed by atoms with Gasteiger partial charge in [-0.2, -0.15) is 0 Å². The lowest BCUT2D eigenvalue weighted by Gasteiger charge is -2.11. The van der Waals surface area contributed by atoms with Crippen LogP contribution in [-0.2, 0) is 4.79 Å². The molecule has 1 atom stereocenters. The van der Waals surface area contributed by atoms with Gasteiger partial charge in [-0.1, -0.05) is 34.1 Å².